The van der Waals surface area contributed by atoms with E-state index in [2.05, 4.69) is 37.6 Å². The molecule has 5 heteroatoms. The van der Waals surface area contributed by atoms with E-state index in [0.717, 1.165) is 57.2 Å². The predicted molar refractivity (Wildman–Crippen MR) is 99.7 cm³/mol. The third-order valence-electron chi connectivity index (χ3n) is 4.91. The van der Waals surface area contributed by atoms with E-state index < -0.39 is 0 Å². The molecule has 0 radical (unpaired) electrons. The van der Waals surface area contributed by atoms with Crippen molar-refractivity contribution in [2.45, 2.75) is 33.2 Å². The molecule has 24 heavy (non-hydrogen) atoms. The number of hydrogen-bond donors (Lipinski definition) is 2. The van der Waals surface area contributed by atoms with Crippen LogP contribution in [0, 0.1) is 0 Å². The summed E-state index contributed by atoms with van der Waals surface area (Å²) < 4.78 is 5.44. The molecule has 0 spiro atoms. The summed E-state index contributed by atoms with van der Waals surface area (Å²) in [5.41, 5.74) is 1.91. The van der Waals surface area contributed by atoms with Gasteiger partial charge in [-0.2, -0.15) is 0 Å². The number of morpholine rings is 1. The normalized spacial score (nSPS) is 16.7. The van der Waals surface area contributed by atoms with Crippen molar-refractivity contribution < 1.29 is 14.7 Å². The van der Waals surface area contributed by atoms with E-state index in [-0.39, 0.29) is 5.54 Å². The number of aromatic hydroxyl groups is 1. The van der Waals surface area contributed by atoms with Gasteiger partial charge in [0.2, 0.25) is 0 Å². The number of phenolic OH excluding ortho intramolecular Hbond substituents is 1. The molecule has 0 unspecified atom stereocenters. The Morgan fingerprint density at radius 1 is 1.25 bits per heavy atom. The first-order valence-corrected chi connectivity index (χ1v) is 8.98. The number of benzene rings is 1. The van der Waals surface area contributed by atoms with Crippen molar-refractivity contribution >= 4 is 11.9 Å². The van der Waals surface area contributed by atoms with Gasteiger partial charge in [0.05, 0.1) is 19.8 Å². The Balaban J connectivity index is 2.00. The summed E-state index contributed by atoms with van der Waals surface area (Å²) in [6.07, 6.45) is 1.79. The van der Waals surface area contributed by atoms with Crippen LogP contribution in [0.3, 0.4) is 0 Å². The zero-order valence-corrected chi connectivity index (χ0v) is 15.5. The van der Waals surface area contributed by atoms with Gasteiger partial charge in [0.1, 0.15) is 24.4 Å². The minimum Gasteiger partial charge on any atom is -0.507 e. The number of phenols is 1. The van der Waals surface area contributed by atoms with E-state index in [1.165, 1.54) is 4.90 Å². The van der Waals surface area contributed by atoms with Crippen molar-refractivity contribution in [3.63, 3.8) is 0 Å². The third-order valence-corrected chi connectivity index (χ3v) is 4.91. The zero-order valence-electron chi connectivity index (χ0n) is 15.5. The van der Waals surface area contributed by atoms with Gasteiger partial charge in [-0.1, -0.05) is 0 Å². The Bertz CT molecular complexity index is 548. The van der Waals surface area contributed by atoms with Crippen LogP contribution >= 0.6 is 0 Å². The van der Waals surface area contributed by atoms with Crippen LogP contribution in [-0.2, 0) is 4.74 Å². The van der Waals surface area contributed by atoms with Crippen LogP contribution in [-0.4, -0.2) is 62.8 Å². The van der Waals surface area contributed by atoms with Gasteiger partial charge in [-0.05, 0) is 39.8 Å². The molecular weight excluding hydrogens is 302 g/mol. The van der Waals surface area contributed by atoms with Crippen molar-refractivity contribution in [2.75, 3.05) is 50.8 Å². The van der Waals surface area contributed by atoms with Gasteiger partial charge in [0.15, 0.2) is 0 Å². The number of aliphatic imine (C=N–C) groups is 1. The lowest BCUT2D eigenvalue weighted by atomic mass is 10.0. The van der Waals surface area contributed by atoms with E-state index in [1.807, 2.05) is 18.2 Å². The number of hydrogen-bond acceptors (Lipinski definition) is 4. The quantitative estimate of drug-likeness (QED) is 0.740. The highest BCUT2D eigenvalue weighted by Crippen LogP contribution is 2.23. The summed E-state index contributed by atoms with van der Waals surface area (Å²) in [5, 5.41) is 10.3. The van der Waals surface area contributed by atoms with Crippen LogP contribution in [0.25, 0.3) is 0 Å². The van der Waals surface area contributed by atoms with E-state index in [9.17, 15) is 5.11 Å². The van der Waals surface area contributed by atoms with Crippen molar-refractivity contribution in [2.24, 2.45) is 4.99 Å². The molecule has 1 saturated heterocycles. The highest BCUT2D eigenvalue weighted by molar-refractivity contribution is 5.84. The summed E-state index contributed by atoms with van der Waals surface area (Å²) in [4.78, 5) is 8.35. The second kappa shape index (κ2) is 8.49. The predicted octanol–water partition coefficient (Wildman–Crippen LogP) is 1.35. The van der Waals surface area contributed by atoms with Crippen LogP contribution in [0.4, 0.5) is 5.69 Å². The first-order valence-electron chi connectivity index (χ1n) is 8.98. The minimum absolute atomic E-state index is 0.0804. The summed E-state index contributed by atoms with van der Waals surface area (Å²) in [7, 11) is 0. The molecule has 1 aromatic carbocycles. The van der Waals surface area contributed by atoms with Crippen molar-refractivity contribution in [3.05, 3.63) is 23.8 Å². The fraction of sp³-hybridized carbons (Fsp3) is 0.632. The maximum atomic E-state index is 10.3. The number of nitrogens with one attached hydrogen (secondary N) is 1. The first kappa shape index (κ1) is 18.7. The smallest absolute Gasteiger partial charge is 0.126 e. The molecule has 0 aromatic heterocycles. The summed E-state index contributed by atoms with van der Waals surface area (Å²) in [5.74, 6) is 0.291. The van der Waals surface area contributed by atoms with Crippen LogP contribution in [0.5, 0.6) is 5.75 Å². The summed E-state index contributed by atoms with van der Waals surface area (Å²) in [6, 6.07) is 5.82. The maximum absolute atomic E-state index is 10.3. The van der Waals surface area contributed by atoms with Gasteiger partial charge in [0, 0.05) is 36.6 Å². The SMILES string of the molecule is CCN(CC)c1ccc(C=NCC(C)(C)[NH+]2CCOCC2)c(O)c1. The van der Waals surface area contributed by atoms with E-state index in [0.29, 0.717) is 5.75 Å². The van der Waals surface area contributed by atoms with Gasteiger partial charge < -0.3 is 19.6 Å². The Kier molecular flexibility index (Phi) is 6.63. The van der Waals surface area contributed by atoms with Crippen LogP contribution in [0.2, 0.25) is 0 Å². The number of ether oxygens (including phenoxy) is 1. The van der Waals surface area contributed by atoms with Crippen molar-refractivity contribution in [1.29, 1.82) is 0 Å². The second-order valence-corrected chi connectivity index (χ2v) is 6.99. The summed E-state index contributed by atoms with van der Waals surface area (Å²) >= 11 is 0. The molecule has 1 fully saturated rings. The highest BCUT2D eigenvalue weighted by atomic mass is 16.5. The molecule has 0 amide bonds. The molecule has 1 aliphatic heterocycles. The monoisotopic (exact) mass is 334 g/mol. The molecule has 0 bridgehead atoms. The molecule has 0 saturated carbocycles. The average Bonchev–Trinajstić information content (AvgIpc) is 2.58. The largest absolute Gasteiger partial charge is 0.507 e. The molecule has 134 valence electrons. The maximum Gasteiger partial charge on any atom is 0.126 e. The third kappa shape index (κ3) is 4.71. The van der Waals surface area contributed by atoms with Crippen LogP contribution in [0.1, 0.15) is 33.3 Å². The molecule has 1 aromatic rings. The van der Waals surface area contributed by atoms with Gasteiger partial charge in [0.25, 0.3) is 0 Å². The molecule has 0 atom stereocenters. The van der Waals surface area contributed by atoms with Crippen molar-refractivity contribution in [1.82, 2.24) is 0 Å². The van der Waals surface area contributed by atoms with Gasteiger partial charge in [-0.25, -0.2) is 0 Å². The lowest BCUT2D eigenvalue weighted by Crippen LogP contribution is -3.21. The fourth-order valence-corrected chi connectivity index (χ4v) is 3.21. The van der Waals surface area contributed by atoms with Gasteiger partial charge in [-0.3, -0.25) is 4.99 Å². The molecule has 1 heterocycles. The Morgan fingerprint density at radius 3 is 2.50 bits per heavy atom. The van der Waals surface area contributed by atoms with Crippen LogP contribution < -0.4 is 9.80 Å². The zero-order chi connectivity index (χ0) is 17.6. The molecular formula is C19H32N3O2+. The van der Waals surface area contributed by atoms with Crippen molar-refractivity contribution in [3.8, 4) is 5.75 Å². The molecule has 2 rings (SSSR count). The number of rotatable bonds is 7. The van der Waals surface area contributed by atoms with Gasteiger partial charge in [-0.15, -0.1) is 0 Å². The van der Waals surface area contributed by atoms with E-state index >= 15 is 0 Å². The van der Waals surface area contributed by atoms with E-state index in [1.54, 1.807) is 6.21 Å². The van der Waals surface area contributed by atoms with Gasteiger partial charge >= 0.3 is 0 Å². The number of quaternary nitrogens is 1. The molecule has 0 aliphatic carbocycles. The fourth-order valence-electron chi connectivity index (χ4n) is 3.21. The second-order valence-electron chi connectivity index (χ2n) is 6.99. The molecule has 1 aliphatic rings. The lowest BCUT2D eigenvalue weighted by molar-refractivity contribution is -0.953. The lowest BCUT2D eigenvalue weighted by Gasteiger charge is -2.36. The topological polar surface area (TPSA) is 49.5 Å². The Hall–Kier alpha value is -1.59. The number of nitrogens with zero attached hydrogens (tertiary/aromatic N) is 2. The minimum atomic E-state index is 0.0804. The Labute approximate surface area is 145 Å². The number of anilines is 1. The molecule has 5 nitrogen and oxygen atoms in total. The van der Waals surface area contributed by atoms with Crippen LogP contribution in [0.15, 0.2) is 23.2 Å². The first-order chi connectivity index (χ1) is 11.5. The van der Waals surface area contributed by atoms with E-state index in [4.69, 9.17) is 4.74 Å². The highest BCUT2D eigenvalue weighted by Gasteiger charge is 2.31. The Morgan fingerprint density at radius 2 is 1.92 bits per heavy atom. The summed E-state index contributed by atoms with van der Waals surface area (Å²) in [6.45, 7) is 15.0. The standard InChI is InChI=1S/C19H31N3O2/c1-5-21(6-2)17-8-7-16(18(23)13-17)14-20-15-19(3,4)22-9-11-24-12-10-22/h7-8,13-14,23H,5-6,9-12,15H2,1-4H3/p+1. The average molecular weight is 334 g/mol. The molecule has 2 N–H and O–H groups in total.